The van der Waals surface area contributed by atoms with Gasteiger partial charge in [-0.25, -0.2) is 0 Å². The van der Waals surface area contributed by atoms with Crippen molar-refractivity contribution in [3.8, 4) is 5.75 Å². The molecule has 32 heavy (non-hydrogen) atoms. The molecular weight excluding hydrogens is 402 g/mol. The Morgan fingerprint density at radius 2 is 1.84 bits per heavy atom. The zero-order chi connectivity index (χ0) is 22.5. The highest BCUT2D eigenvalue weighted by molar-refractivity contribution is 5.98. The van der Waals surface area contributed by atoms with Crippen LogP contribution in [0.25, 0.3) is 10.9 Å². The maximum Gasteiger partial charge on any atom is 0.270 e. The van der Waals surface area contributed by atoms with E-state index >= 15 is 0 Å². The van der Waals surface area contributed by atoms with Gasteiger partial charge in [0.25, 0.3) is 5.91 Å². The molecule has 2 heterocycles. The molecule has 0 spiro atoms. The molecule has 1 atom stereocenters. The summed E-state index contributed by atoms with van der Waals surface area (Å²) in [5.41, 5.74) is 2.58. The number of benzene rings is 2. The number of likely N-dealkylation sites (tertiary alicyclic amines) is 1. The molecule has 6 heteroatoms. The zero-order valence-corrected chi connectivity index (χ0v) is 18.8. The van der Waals surface area contributed by atoms with Gasteiger partial charge in [-0.3, -0.25) is 9.59 Å². The highest BCUT2D eigenvalue weighted by atomic mass is 16.5. The molecule has 2 aromatic carbocycles. The number of rotatable bonds is 7. The van der Waals surface area contributed by atoms with Crippen molar-refractivity contribution in [3.05, 3.63) is 65.9 Å². The second-order valence-corrected chi connectivity index (χ2v) is 8.45. The molecule has 4 rings (SSSR count). The molecule has 1 aliphatic rings. The number of H-pyrrole nitrogens is 1. The van der Waals surface area contributed by atoms with Gasteiger partial charge in [0.2, 0.25) is 5.91 Å². The van der Waals surface area contributed by atoms with E-state index in [0.717, 1.165) is 35.1 Å². The van der Waals surface area contributed by atoms with Crippen LogP contribution >= 0.6 is 0 Å². The Kier molecular flexibility index (Phi) is 6.78. The molecule has 1 aromatic heterocycles. The summed E-state index contributed by atoms with van der Waals surface area (Å²) in [5.74, 6) is 1.07. The topological polar surface area (TPSA) is 74.4 Å². The van der Waals surface area contributed by atoms with Crippen LogP contribution in [-0.2, 0) is 11.3 Å². The molecule has 1 fully saturated rings. The van der Waals surface area contributed by atoms with Crippen molar-refractivity contribution < 1.29 is 14.3 Å². The normalized spacial score (nSPS) is 15.5. The predicted octanol–water partition coefficient (Wildman–Crippen LogP) is 4.37. The molecule has 0 saturated carbocycles. The molecule has 168 valence electrons. The maximum absolute atomic E-state index is 12.9. The molecule has 3 aromatic rings. The van der Waals surface area contributed by atoms with Gasteiger partial charge in [0, 0.05) is 42.0 Å². The van der Waals surface area contributed by atoms with Crippen molar-refractivity contribution >= 4 is 22.7 Å². The minimum Gasteiger partial charge on any atom is -0.494 e. The van der Waals surface area contributed by atoms with Gasteiger partial charge >= 0.3 is 0 Å². The van der Waals surface area contributed by atoms with Gasteiger partial charge in [0.05, 0.1) is 6.61 Å². The third kappa shape index (κ3) is 4.79. The Morgan fingerprint density at radius 1 is 1.12 bits per heavy atom. The molecule has 2 N–H and O–H groups in total. The molecule has 0 bridgehead atoms. The fourth-order valence-electron chi connectivity index (χ4n) is 4.47. The molecule has 0 radical (unpaired) electrons. The monoisotopic (exact) mass is 433 g/mol. The van der Waals surface area contributed by atoms with Crippen molar-refractivity contribution in [3.63, 3.8) is 0 Å². The lowest BCUT2D eigenvalue weighted by Gasteiger charge is -2.34. The second-order valence-electron chi connectivity index (χ2n) is 8.45. The molecule has 6 nitrogen and oxygen atoms in total. The van der Waals surface area contributed by atoms with Crippen LogP contribution in [0.1, 0.15) is 42.7 Å². The van der Waals surface area contributed by atoms with Gasteiger partial charge in [0.1, 0.15) is 11.4 Å². The highest BCUT2D eigenvalue weighted by Crippen LogP contribution is 2.27. The van der Waals surface area contributed by atoms with E-state index in [9.17, 15) is 9.59 Å². The van der Waals surface area contributed by atoms with Crippen molar-refractivity contribution in [2.24, 2.45) is 11.8 Å². The summed E-state index contributed by atoms with van der Waals surface area (Å²) in [6.07, 6.45) is 1.66. The smallest absolute Gasteiger partial charge is 0.270 e. The summed E-state index contributed by atoms with van der Waals surface area (Å²) in [7, 11) is 0. The van der Waals surface area contributed by atoms with Crippen LogP contribution in [-0.4, -0.2) is 41.4 Å². The van der Waals surface area contributed by atoms with E-state index in [0.29, 0.717) is 31.9 Å². The van der Waals surface area contributed by atoms with Crippen LogP contribution < -0.4 is 10.1 Å². The van der Waals surface area contributed by atoms with E-state index < -0.39 is 0 Å². The summed E-state index contributed by atoms with van der Waals surface area (Å²) >= 11 is 0. The van der Waals surface area contributed by atoms with Crippen LogP contribution in [0.4, 0.5) is 0 Å². The Labute approximate surface area is 188 Å². The van der Waals surface area contributed by atoms with Gasteiger partial charge in [-0.1, -0.05) is 43.3 Å². The fourth-order valence-corrected chi connectivity index (χ4v) is 4.47. The first kappa shape index (κ1) is 21.9. The number of nitrogens with zero attached hydrogens (tertiary/aromatic N) is 1. The van der Waals surface area contributed by atoms with Crippen LogP contribution in [0.2, 0.25) is 0 Å². The Hall–Kier alpha value is -3.28. The lowest BCUT2D eigenvalue weighted by molar-refractivity contribution is -0.126. The number of piperidine rings is 1. The first-order valence-electron chi connectivity index (χ1n) is 11.4. The highest BCUT2D eigenvalue weighted by Gasteiger charge is 2.30. The first-order valence-corrected chi connectivity index (χ1v) is 11.4. The number of amides is 2. The van der Waals surface area contributed by atoms with E-state index in [-0.39, 0.29) is 23.7 Å². The van der Waals surface area contributed by atoms with E-state index in [4.69, 9.17) is 4.74 Å². The Morgan fingerprint density at radius 3 is 2.59 bits per heavy atom. The number of para-hydroxylation sites is 2. The van der Waals surface area contributed by atoms with Crippen molar-refractivity contribution in [1.82, 2.24) is 15.2 Å². The van der Waals surface area contributed by atoms with E-state index in [1.165, 1.54) is 0 Å². The Bertz CT molecular complexity index is 1050. The number of hydrogen-bond donors (Lipinski definition) is 2. The number of aromatic amines is 1. The summed E-state index contributed by atoms with van der Waals surface area (Å²) in [4.78, 5) is 30.8. The third-order valence-corrected chi connectivity index (χ3v) is 6.43. The van der Waals surface area contributed by atoms with Crippen molar-refractivity contribution in [2.75, 3.05) is 19.7 Å². The average Bonchev–Trinajstić information content (AvgIpc) is 3.27. The van der Waals surface area contributed by atoms with Gasteiger partial charge < -0.3 is 19.9 Å². The number of carbonyl (C=O) groups excluding carboxylic acids is 2. The number of nitrogens with one attached hydrogen (secondary N) is 2. The van der Waals surface area contributed by atoms with Gasteiger partial charge in [-0.15, -0.1) is 0 Å². The second kappa shape index (κ2) is 9.90. The van der Waals surface area contributed by atoms with Crippen molar-refractivity contribution in [2.45, 2.75) is 33.2 Å². The van der Waals surface area contributed by atoms with E-state index in [1.807, 2.05) is 73.3 Å². The predicted molar refractivity (Wildman–Crippen MR) is 126 cm³/mol. The SMILES string of the molecule is CCOc1ccccc1CNC(=O)[C@H](C)C1CCN(C(=O)c2cc3ccccc3[nH]2)CC1. The van der Waals surface area contributed by atoms with Gasteiger partial charge in [-0.2, -0.15) is 0 Å². The minimum absolute atomic E-state index is 0.0317. The number of ether oxygens (including phenoxy) is 1. The minimum atomic E-state index is -0.0976. The summed E-state index contributed by atoms with van der Waals surface area (Å²) in [6.45, 7) is 6.33. The lowest BCUT2D eigenvalue weighted by Crippen LogP contribution is -2.42. The molecular formula is C26H31N3O3. The summed E-state index contributed by atoms with van der Waals surface area (Å²) < 4.78 is 5.64. The largest absolute Gasteiger partial charge is 0.494 e. The van der Waals surface area contributed by atoms with Gasteiger partial charge in [0.15, 0.2) is 0 Å². The summed E-state index contributed by atoms with van der Waals surface area (Å²) in [6, 6.07) is 17.6. The number of hydrogen-bond acceptors (Lipinski definition) is 3. The number of fused-ring (bicyclic) bond motifs is 1. The first-order chi connectivity index (χ1) is 15.6. The number of carbonyl (C=O) groups is 2. The number of aromatic nitrogens is 1. The molecule has 2 amide bonds. The van der Waals surface area contributed by atoms with Crippen LogP contribution in [0, 0.1) is 11.8 Å². The molecule has 0 aliphatic carbocycles. The van der Waals surface area contributed by atoms with E-state index in [2.05, 4.69) is 10.3 Å². The fraction of sp³-hybridized carbons (Fsp3) is 0.385. The average molecular weight is 434 g/mol. The quantitative estimate of drug-likeness (QED) is 0.581. The van der Waals surface area contributed by atoms with Crippen LogP contribution in [0.3, 0.4) is 0 Å². The van der Waals surface area contributed by atoms with E-state index in [1.54, 1.807) is 0 Å². The van der Waals surface area contributed by atoms with Gasteiger partial charge in [-0.05, 0) is 43.9 Å². The molecule has 1 aliphatic heterocycles. The molecule has 1 saturated heterocycles. The maximum atomic E-state index is 12.9. The lowest BCUT2D eigenvalue weighted by atomic mass is 9.84. The third-order valence-electron chi connectivity index (χ3n) is 6.43. The Balaban J connectivity index is 1.29. The summed E-state index contributed by atoms with van der Waals surface area (Å²) in [5, 5.41) is 4.11. The van der Waals surface area contributed by atoms with Crippen LogP contribution in [0.15, 0.2) is 54.6 Å². The zero-order valence-electron chi connectivity index (χ0n) is 18.8. The molecule has 0 unspecified atom stereocenters. The standard InChI is InChI=1S/C26H31N3O3/c1-3-32-24-11-7-5-9-21(24)17-27-25(30)18(2)19-12-14-29(15-13-19)26(31)23-16-20-8-4-6-10-22(20)28-23/h4-11,16,18-19,28H,3,12-15,17H2,1-2H3,(H,27,30)/t18-/m1/s1. The van der Waals surface area contributed by atoms with Crippen molar-refractivity contribution in [1.29, 1.82) is 0 Å². The van der Waals surface area contributed by atoms with Crippen LogP contribution in [0.5, 0.6) is 5.75 Å².